The fraction of sp³-hybridized carbons (Fsp3) is 0.333. The van der Waals surface area contributed by atoms with Crippen LogP contribution in [0.15, 0.2) is 47.3 Å². The second-order valence-electron chi connectivity index (χ2n) is 4.62. The van der Waals surface area contributed by atoms with E-state index in [4.69, 9.17) is 4.42 Å². The lowest BCUT2D eigenvalue weighted by Crippen LogP contribution is -2.25. The average molecular weight is 245 g/mol. The molecule has 3 heteroatoms. The van der Waals surface area contributed by atoms with Crippen LogP contribution in [0.2, 0.25) is 0 Å². The summed E-state index contributed by atoms with van der Waals surface area (Å²) in [7, 11) is 0. The van der Waals surface area contributed by atoms with Gasteiger partial charge in [-0.05, 0) is 43.5 Å². The molecule has 96 valence electrons. The third kappa shape index (κ3) is 3.93. The Morgan fingerprint density at radius 1 is 1.17 bits per heavy atom. The summed E-state index contributed by atoms with van der Waals surface area (Å²) in [6.45, 7) is 3.02. The maximum Gasteiger partial charge on any atom is 0.115 e. The van der Waals surface area contributed by atoms with Crippen molar-refractivity contribution in [3.8, 4) is 5.75 Å². The third-order valence-electron chi connectivity index (χ3n) is 3.04. The van der Waals surface area contributed by atoms with E-state index in [1.165, 1.54) is 11.1 Å². The second-order valence-corrected chi connectivity index (χ2v) is 4.62. The zero-order valence-corrected chi connectivity index (χ0v) is 10.6. The van der Waals surface area contributed by atoms with Crippen molar-refractivity contribution in [3.05, 3.63) is 54.0 Å². The Kier molecular flexibility index (Phi) is 4.42. The predicted molar refractivity (Wildman–Crippen MR) is 71.4 cm³/mol. The highest BCUT2D eigenvalue weighted by Gasteiger charge is 2.03. The molecule has 2 aromatic rings. The Morgan fingerprint density at radius 3 is 2.61 bits per heavy atom. The number of furan rings is 1. The normalized spacial score (nSPS) is 12.5. The molecule has 1 atom stereocenters. The van der Waals surface area contributed by atoms with Crippen molar-refractivity contribution in [3.63, 3.8) is 0 Å². The first-order valence-corrected chi connectivity index (χ1v) is 6.26. The van der Waals surface area contributed by atoms with Crippen LogP contribution in [0.4, 0.5) is 0 Å². The van der Waals surface area contributed by atoms with Gasteiger partial charge in [-0.3, -0.25) is 0 Å². The number of aromatic hydroxyl groups is 1. The summed E-state index contributed by atoms with van der Waals surface area (Å²) in [6, 6.07) is 9.84. The van der Waals surface area contributed by atoms with Gasteiger partial charge in [-0.2, -0.15) is 0 Å². The van der Waals surface area contributed by atoms with Crippen LogP contribution in [-0.4, -0.2) is 11.1 Å². The van der Waals surface area contributed by atoms with Crippen LogP contribution in [0.3, 0.4) is 0 Å². The van der Waals surface area contributed by atoms with Gasteiger partial charge in [0.05, 0.1) is 12.5 Å². The van der Waals surface area contributed by atoms with Crippen LogP contribution in [0.5, 0.6) is 5.75 Å². The van der Waals surface area contributed by atoms with Crippen LogP contribution in [0, 0.1) is 0 Å². The van der Waals surface area contributed by atoms with Gasteiger partial charge in [-0.25, -0.2) is 0 Å². The molecule has 18 heavy (non-hydrogen) atoms. The summed E-state index contributed by atoms with van der Waals surface area (Å²) < 4.78 is 5.02. The van der Waals surface area contributed by atoms with E-state index in [0.29, 0.717) is 11.8 Å². The van der Waals surface area contributed by atoms with Gasteiger partial charge in [0.1, 0.15) is 5.75 Å². The van der Waals surface area contributed by atoms with E-state index in [1.807, 2.05) is 18.2 Å². The van der Waals surface area contributed by atoms with E-state index in [9.17, 15) is 5.11 Å². The molecular formula is C15H19NO2. The highest BCUT2D eigenvalue weighted by Crippen LogP contribution is 2.12. The first kappa shape index (κ1) is 12.7. The van der Waals surface area contributed by atoms with Crippen molar-refractivity contribution in [2.24, 2.45) is 0 Å². The molecule has 0 bridgehead atoms. The lowest BCUT2D eigenvalue weighted by Gasteiger charge is -2.13. The van der Waals surface area contributed by atoms with E-state index >= 15 is 0 Å². The lowest BCUT2D eigenvalue weighted by molar-refractivity contribution is 0.474. The van der Waals surface area contributed by atoms with Crippen molar-refractivity contribution in [1.82, 2.24) is 5.32 Å². The number of hydrogen-bond donors (Lipinski definition) is 2. The SMILES string of the molecule is CC(CCc1ccc(O)cc1)NCc1ccoc1. The fourth-order valence-electron chi connectivity index (χ4n) is 1.83. The van der Waals surface area contributed by atoms with Crippen molar-refractivity contribution >= 4 is 0 Å². The largest absolute Gasteiger partial charge is 0.508 e. The molecule has 1 aromatic carbocycles. The Hall–Kier alpha value is -1.74. The van der Waals surface area contributed by atoms with E-state index in [0.717, 1.165) is 19.4 Å². The smallest absolute Gasteiger partial charge is 0.115 e. The predicted octanol–water partition coefficient (Wildman–Crippen LogP) is 3.10. The van der Waals surface area contributed by atoms with Crippen molar-refractivity contribution < 1.29 is 9.52 Å². The number of aryl methyl sites for hydroxylation is 1. The molecule has 0 spiro atoms. The van der Waals surface area contributed by atoms with Gasteiger partial charge in [0, 0.05) is 18.2 Å². The summed E-state index contributed by atoms with van der Waals surface area (Å²) >= 11 is 0. The highest BCUT2D eigenvalue weighted by molar-refractivity contribution is 5.25. The summed E-state index contributed by atoms with van der Waals surface area (Å²) in [5.74, 6) is 0.324. The van der Waals surface area contributed by atoms with Gasteiger partial charge in [0.15, 0.2) is 0 Å². The topological polar surface area (TPSA) is 45.4 Å². The fourth-order valence-corrected chi connectivity index (χ4v) is 1.83. The number of benzene rings is 1. The zero-order chi connectivity index (χ0) is 12.8. The van der Waals surface area contributed by atoms with E-state index in [2.05, 4.69) is 12.2 Å². The molecule has 1 unspecified atom stereocenters. The van der Waals surface area contributed by atoms with Gasteiger partial charge >= 0.3 is 0 Å². The molecule has 0 amide bonds. The first-order chi connectivity index (χ1) is 8.74. The average Bonchev–Trinajstić information content (AvgIpc) is 2.89. The quantitative estimate of drug-likeness (QED) is 0.822. The number of phenolic OH excluding ortho intramolecular Hbond substituents is 1. The van der Waals surface area contributed by atoms with Crippen LogP contribution in [0.1, 0.15) is 24.5 Å². The van der Waals surface area contributed by atoms with Crippen molar-refractivity contribution in [1.29, 1.82) is 0 Å². The Morgan fingerprint density at radius 2 is 1.94 bits per heavy atom. The molecule has 1 heterocycles. The first-order valence-electron chi connectivity index (χ1n) is 6.26. The third-order valence-corrected chi connectivity index (χ3v) is 3.04. The van der Waals surface area contributed by atoms with Gasteiger partial charge < -0.3 is 14.8 Å². The Bertz CT molecular complexity index is 448. The number of nitrogens with one attached hydrogen (secondary N) is 1. The van der Waals surface area contributed by atoms with Gasteiger partial charge in [-0.15, -0.1) is 0 Å². The maximum atomic E-state index is 9.20. The molecule has 0 radical (unpaired) electrons. The Balaban J connectivity index is 1.71. The minimum absolute atomic E-state index is 0.324. The number of phenols is 1. The summed E-state index contributed by atoms with van der Waals surface area (Å²) in [5, 5.41) is 12.7. The molecule has 2 N–H and O–H groups in total. The molecule has 2 rings (SSSR count). The van der Waals surface area contributed by atoms with Crippen molar-refractivity contribution in [2.45, 2.75) is 32.4 Å². The Labute approximate surface area is 107 Å². The van der Waals surface area contributed by atoms with E-state index < -0.39 is 0 Å². The standard InChI is InChI=1S/C15H19NO2/c1-12(16-10-14-8-9-18-11-14)2-3-13-4-6-15(17)7-5-13/h4-9,11-12,16-17H,2-3,10H2,1H3. The lowest BCUT2D eigenvalue weighted by atomic mass is 10.1. The molecule has 0 fully saturated rings. The molecule has 0 saturated heterocycles. The molecule has 3 nitrogen and oxygen atoms in total. The minimum atomic E-state index is 0.324. The highest BCUT2D eigenvalue weighted by atomic mass is 16.3. The molecule has 1 aromatic heterocycles. The molecule has 0 aliphatic rings. The van der Waals surface area contributed by atoms with Gasteiger partial charge in [-0.1, -0.05) is 12.1 Å². The van der Waals surface area contributed by atoms with Crippen LogP contribution < -0.4 is 5.32 Å². The summed E-state index contributed by atoms with van der Waals surface area (Å²) in [5.41, 5.74) is 2.43. The molecule has 0 aliphatic heterocycles. The zero-order valence-electron chi connectivity index (χ0n) is 10.6. The number of hydrogen-bond acceptors (Lipinski definition) is 3. The van der Waals surface area contributed by atoms with Crippen LogP contribution >= 0.6 is 0 Å². The van der Waals surface area contributed by atoms with E-state index in [1.54, 1.807) is 24.7 Å². The summed E-state index contributed by atoms with van der Waals surface area (Å²) in [6.07, 6.45) is 5.54. The van der Waals surface area contributed by atoms with Crippen molar-refractivity contribution in [2.75, 3.05) is 0 Å². The summed E-state index contributed by atoms with van der Waals surface area (Å²) in [4.78, 5) is 0. The van der Waals surface area contributed by atoms with Gasteiger partial charge in [0.25, 0.3) is 0 Å². The van der Waals surface area contributed by atoms with E-state index in [-0.39, 0.29) is 0 Å². The van der Waals surface area contributed by atoms with Crippen LogP contribution in [0.25, 0.3) is 0 Å². The van der Waals surface area contributed by atoms with Crippen LogP contribution in [-0.2, 0) is 13.0 Å². The minimum Gasteiger partial charge on any atom is -0.508 e. The van der Waals surface area contributed by atoms with Gasteiger partial charge in [0.2, 0.25) is 0 Å². The molecule has 0 aliphatic carbocycles. The monoisotopic (exact) mass is 245 g/mol. The molecular weight excluding hydrogens is 226 g/mol. The number of rotatable bonds is 6. The molecule has 0 saturated carbocycles. The maximum absolute atomic E-state index is 9.20. The second kappa shape index (κ2) is 6.26.